The molecule has 0 aliphatic rings. The van der Waals surface area contributed by atoms with E-state index in [1.807, 2.05) is 0 Å². The van der Waals surface area contributed by atoms with Crippen molar-refractivity contribution in [2.45, 2.75) is 6.92 Å². The zero-order chi connectivity index (χ0) is 15.6. The molecule has 1 N–H and O–H groups in total. The Kier molecular flexibility index (Phi) is 4.07. The predicted octanol–water partition coefficient (Wildman–Crippen LogP) is 2.36. The fourth-order valence-electron chi connectivity index (χ4n) is 2.09. The van der Waals surface area contributed by atoms with Crippen LogP contribution in [-0.2, 0) is 7.05 Å². The molecule has 0 aliphatic carbocycles. The molecular weight excluding hydrogens is 277 g/mol. The number of nitrogens with zero attached hydrogens (tertiary/aromatic N) is 1. The summed E-state index contributed by atoms with van der Waals surface area (Å²) in [5, 5.41) is 9.03. The molecule has 0 radical (unpaired) electrons. The van der Waals surface area contributed by atoms with Crippen LogP contribution in [0, 0.1) is 6.92 Å². The van der Waals surface area contributed by atoms with Gasteiger partial charge in [-0.3, -0.25) is 4.79 Å². The number of benzene rings is 1. The highest BCUT2D eigenvalue weighted by molar-refractivity contribution is 5.92. The van der Waals surface area contributed by atoms with E-state index >= 15 is 0 Å². The van der Waals surface area contributed by atoms with Gasteiger partial charge in [-0.25, -0.2) is 9.18 Å². The molecule has 0 unspecified atom stereocenters. The molecule has 0 fully saturated rings. The molecule has 1 aromatic heterocycles. The van der Waals surface area contributed by atoms with Gasteiger partial charge in [-0.15, -0.1) is 0 Å². The van der Waals surface area contributed by atoms with E-state index in [2.05, 4.69) is 0 Å². The van der Waals surface area contributed by atoms with E-state index in [4.69, 9.17) is 9.84 Å². The molecule has 1 aromatic carbocycles. The summed E-state index contributed by atoms with van der Waals surface area (Å²) in [6, 6.07) is 6.08. The average Bonchev–Trinajstić information content (AvgIpc) is 2.44. The van der Waals surface area contributed by atoms with Crippen molar-refractivity contribution in [1.82, 2.24) is 4.57 Å². The van der Waals surface area contributed by atoms with Gasteiger partial charge in [-0.1, -0.05) is 6.07 Å². The highest BCUT2D eigenvalue weighted by Crippen LogP contribution is 2.27. The lowest BCUT2D eigenvalue weighted by Crippen LogP contribution is -2.18. The number of carboxylic acid groups (broad SMARTS) is 1. The zero-order valence-electron chi connectivity index (χ0n) is 11.6. The first kappa shape index (κ1) is 14.8. The van der Waals surface area contributed by atoms with E-state index in [-0.39, 0.29) is 16.9 Å². The van der Waals surface area contributed by atoms with Gasteiger partial charge in [0.15, 0.2) is 0 Å². The van der Waals surface area contributed by atoms with E-state index in [1.165, 1.54) is 16.7 Å². The number of hydrogen-bond donors (Lipinski definition) is 1. The van der Waals surface area contributed by atoms with Crippen LogP contribution in [0.25, 0.3) is 11.1 Å². The molecule has 21 heavy (non-hydrogen) atoms. The number of pyridine rings is 1. The fraction of sp³-hybridized carbons (Fsp3) is 0.200. The van der Waals surface area contributed by atoms with Crippen molar-refractivity contribution in [3.8, 4) is 16.9 Å². The summed E-state index contributed by atoms with van der Waals surface area (Å²) in [4.78, 5) is 22.7. The van der Waals surface area contributed by atoms with E-state index in [1.54, 1.807) is 32.3 Å². The normalized spacial score (nSPS) is 10.4. The van der Waals surface area contributed by atoms with Crippen LogP contribution in [0.3, 0.4) is 0 Å². The minimum absolute atomic E-state index is 0.0472. The van der Waals surface area contributed by atoms with E-state index in [9.17, 15) is 14.0 Å². The van der Waals surface area contributed by atoms with E-state index in [0.717, 1.165) is 5.56 Å². The van der Waals surface area contributed by atoms with Crippen molar-refractivity contribution in [2.24, 2.45) is 7.05 Å². The Bertz CT molecular complexity index is 726. The van der Waals surface area contributed by atoms with Gasteiger partial charge in [0.25, 0.3) is 5.56 Å². The second-order valence-corrected chi connectivity index (χ2v) is 4.60. The number of hydrogen-bond acceptors (Lipinski definition) is 3. The van der Waals surface area contributed by atoms with Crippen LogP contribution in [0.2, 0.25) is 0 Å². The average molecular weight is 291 g/mol. The van der Waals surface area contributed by atoms with Crippen molar-refractivity contribution < 1.29 is 19.0 Å². The molecule has 0 saturated heterocycles. The summed E-state index contributed by atoms with van der Waals surface area (Å²) >= 11 is 0. The molecule has 1 heterocycles. The van der Waals surface area contributed by atoms with Crippen LogP contribution < -0.4 is 10.3 Å². The monoisotopic (exact) mass is 291 g/mol. The van der Waals surface area contributed by atoms with E-state index in [0.29, 0.717) is 11.1 Å². The van der Waals surface area contributed by atoms with Gasteiger partial charge in [0.2, 0.25) is 6.86 Å². The molecule has 0 saturated carbocycles. The molecule has 6 heteroatoms. The summed E-state index contributed by atoms with van der Waals surface area (Å²) in [6.45, 7) is 0.576. The molecule has 5 nitrogen and oxygen atoms in total. The quantitative estimate of drug-likeness (QED) is 0.939. The maximum atomic E-state index is 12.4. The lowest BCUT2D eigenvalue weighted by Gasteiger charge is -2.10. The third-order valence-corrected chi connectivity index (χ3v) is 3.12. The second-order valence-electron chi connectivity index (χ2n) is 4.60. The van der Waals surface area contributed by atoms with Crippen LogP contribution in [0.4, 0.5) is 4.39 Å². The highest BCUT2D eigenvalue weighted by atomic mass is 19.1. The van der Waals surface area contributed by atoms with Gasteiger partial charge in [0, 0.05) is 18.8 Å². The number of aryl methyl sites for hydroxylation is 2. The number of alkyl halides is 1. The Balaban J connectivity index is 2.57. The van der Waals surface area contributed by atoms with Crippen LogP contribution in [-0.4, -0.2) is 22.5 Å². The third kappa shape index (κ3) is 2.94. The number of halogens is 1. The van der Waals surface area contributed by atoms with Crippen LogP contribution in [0.5, 0.6) is 5.75 Å². The molecule has 0 atom stereocenters. The first-order chi connectivity index (χ1) is 9.93. The van der Waals surface area contributed by atoms with Gasteiger partial charge >= 0.3 is 5.97 Å². The summed E-state index contributed by atoms with van der Waals surface area (Å²) < 4.78 is 18.5. The predicted molar refractivity (Wildman–Crippen MR) is 75.4 cm³/mol. The summed E-state index contributed by atoms with van der Waals surface area (Å²) in [5.41, 5.74) is 1.70. The van der Waals surface area contributed by atoms with Gasteiger partial charge in [0.05, 0.1) is 0 Å². The van der Waals surface area contributed by atoms with Gasteiger partial charge in [0.1, 0.15) is 11.3 Å². The van der Waals surface area contributed by atoms with Crippen molar-refractivity contribution in [1.29, 1.82) is 0 Å². The molecule has 2 rings (SSSR count). The topological polar surface area (TPSA) is 68.5 Å². The molecule has 0 spiro atoms. The minimum Gasteiger partial charge on any atom is -0.478 e. The van der Waals surface area contributed by atoms with Gasteiger partial charge < -0.3 is 14.4 Å². The lowest BCUT2D eigenvalue weighted by atomic mass is 10.0. The fourth-order valence-corrected chi connectivity index (χ4v) is 2.09. The molecule has 2 aromatic rings. The molecule has 0 bridgehead atoms. The molecule has 0 aliphatic heterocycles. The first-order valence-electron chi connectivity index (χ1n) is 6.17. The van der Waals surface area contributed by atoms with Crippen LogP contribution in [0.1, 0.15) is 15.9 Å². The zero-order valence-corrected chi connectivity index (χ0v) is 11.6. The van der Waals surface area contributed by atoms with Crippen molar-refractivity contribution in [2.75, 3.05) is 6.86 Å². The Labute approximate surface area is 120 Å². The number of aromatic carboxylic acids is 1. The van der Waals surface area contributed by atoms with Crippen molar-refractivity contribution in [3.05, 3.63) is 51.9 Å². The lowest BCUT2D eigenvalue weighted by molar-refractivity contribution is 0.0689. The molecule has 110 valence electrons. The molecule has 0 amide bonds. The van der Waals surface area contributed by atoms with Crippen LogP contribution >= 0.6 is 0 Å². The summed E-state index contributed by atoms with van der Waals surface area (Å²) in [7, 11) is 1.63. The van der Waals surface area contributed by atoms with Crippen molar-refractivity contribution in [3.63, 3.8) is 0 Å². The number of ether oxygens (including phenoxy) is 1. The Hall–Kier alpha value is -2.63. The standard InChI is InChI=1S/C15H14FNO4/c1-9-5-11(7-17(2)14(9)18)10-3-4-12(15(19)20)13(6-10)21-8-16/h3-7H,8H2,1-2H3,(H,19,20). The minimum atomic E-state index is -1.19. The first-order valence-corrected chi connectivity index (χ1v) is 6.17. The SMILES string of the molecule is Cc1cc(-c2ccc(C(=O)O)c(OCF)c2)cn(C)c1=O. The van der Waals surface area contributed by atoms with E-state index < -0.39 is 12.8 Å². The third-order valence-electron chi connectivity index (χ3n) is 3.12. The number of rotatable bonds is 4. The summed E-state index contributed by atoms with van der Waals surface area (Å²) in [5.74, 6) is -1.24. The van der Waals surface area contributed by atoms with Gasteiger partial charge in [-0.2, -0.15) is 0 Å². The smallest absolute Gasteiger partial charge is 0.339 e. The Morgan fingerprint density at radius 2 is 2.05 bits per heavy atom. The van der Waals surface area contributed by atoms with Gasteiger partial charge in [-0.05, 0) is 36.2 Å². The van der Waals surface area contributed by atoms with Crippen molar-refractivity contribution >= 4 is 5.97 Å². The molecular formula is C15H14FNO4. The number of carbonyl (C=O) groups is 1. The number of carboxylic acids is 1. The summed E-state index contributed by atoms with van der Waals surface area (Å²) in [6.07, 6.45) is 1.63. The maximum absolute atomic E-state index is 12.4. The highest BCUT2D eigenvalue weighted by Gasteiger charge is 2.13. The van der Waals surface area contributed by atoms with Crippen LogP contribution in [0.15, 0.2) is 35.3 Å². The largest absolute Gasteiger partial charge is 0.478 e. The maximum Gasteiger partial charge on any atom is 0.339 e. The Morgan fingerprint density at radius 3 is 2.62 bits per heavy atom. The number of aromatic nitrogens is 1. The second kappa shape index (κ2) is 5.78. The Morgan fingerprint density at radius 1 is 1.33 bits per heavy atom.